The molecule has 0 aliphatic heterocycles. The quantitative estimate of drug-likeness (QED) is 0.322. The van der Waals surface area contributed by atoms with Gasteiger partial charge in [0.05, 0.1) is 0 Å². The summed E-state index contributed by atoms with van der Waals surface area (Å²) in [6.45, 7) is 0. The fourth-order valence-corrected chi connectivity index (χ4v) is 0.612. The van der Waals surface area contributed by atoms with Gasteiger partial charge in [-0.3, -0.25) is 0 Å². The Hall–Kier alpha value is -2.60. The fourth-order valence-electron chi connectivity index (χ4n) is 0.612. The summed E-state index contributed by atoms with van der Waals surface area (Å²) in [5.41, 5.74) is 0. The van der Waals surface area contributed by atoms with E-state index in [1.165, 1.54) is 0 Å². The van der Waals surface area contributed by atoms with Crippen LogP contribution in [0.4, 0.5) is 70.2 Å². The molecule has 0 aliphatic carbocycles. The Labute approximate surface area is 147 Å². The van der Waals surface area contributed by atoms with E-state index in [1.54, 1.807) is 0 Å². The third-order valence-electron chi connectivity index (χ3n) is 1.58. The topological polar surface area (TPSA) is 50.0 Å². The molecular formula is C10H2F16O3. The largest absolute Gasteiger partial charge is 0.461 e. The van der Waals surface area contributed by atoms with E-state index in [0.29, 0.717) is 0 Å². The van der Waals surface area contributed by atoms with Crippen molar-refractivity contribution in [3.63, 3.8) is 0 Å². The molecule has 0 atom stereocenters. The molecule has 0 radical (unpaired) electrons. The average Bonchev–Trinajstić information content (AvgIpc) is 2.52. The minimum Gasteiger partial charge on any atom is -0.412 e. The van der Waals surface area contributed by atoms with Crippen molar-refractivity contribution in [2.24, 2.45) is 0 Å². The van der Waals surface area contributed by atoms with Crippen molar-refractivity contribution in [3.8, 4) is 0 Å². The van der Waals surface area contributed by atoms with Crippen molar-refractivity contribution < 1.29 is 85.2 Å². The SMILES string of the molecule is FC(F)=C(F)OC(F)(F)C(F)=C(F)F.FC(F)=C(F)OC(F)(F)C(F)=C(F)F.O. The zero-order valence-electron chi connectivity index (χ0n) is 12.4. The first kappa shape index (κ1) is 31.1. The Balaban J connectivity index is -0.000000451. The lowest BCUT2D eigenvalue weighted by atomic mass is 10.5. The van der Waals surface area contributed by atoms with Gasteiger partial charge < -0.3 is 14.9 Å². The summed E-state index contributed by atoms with van der Waals surface area (Å²) in [5, 5.41) is 0. The number of hydrogen-bond donors (Lipinski definition) is 0. The molecule has 3 nitrogen and oxygen atoms in total. The summed E-state index contributed by atoms with van der Waals surface area (Å²) < 4.78 is 189. The van der Waals surface area contributed by atoms with Gasteiger partial charge in [0.1, 0.15) is 0 Å². The third-order valence-corrected chi connectivity index (χ3v) is 1.58. The van der Waals surface area contributed by atoms with Crippen LogP contribution in [0.3, 0.4) is 0 Å². The highest BCUT2D eigenvalue weighted by atomic mass is 19.3. The lowest BCUT2D eigenvalue weighted by Gasteiger charge is -2.12. The molecule has 0 aromatic rings. The van der Waals surface area contributed by atoms with Gasteiger partial charge in [0.2, 0.25) is 0 Å². The number of alkyl halides is 4. The zero-order valence-corrected chi connectivity index (χ0v) is 12.4. The van der Waals surface area contributed by atoms with Gasteiger partial charge >= 0.3 is 48.6 Å². The van der Waals surface area contributed by atoms with Gasteiger partial charge in [-0.2, -0.15) is 70.2 Å². The molecule has 0 heterocycles. The average molecular weight is 474 g/mol. The van der Waals surface area contributed by atoms with E-state index >= 15 is 0 Å². The number of rotatable bonds is 6. The van der Waals surface area contributed by atoms with Crippen molar-refractivity contribution in [3.05, 3.63) is 48.0 Å². The number of hydrogen-bond acceptors (Lipinski definition) is 2. The highest BCUT2D eigenvalue weighted by Crippen LogP contribution is 2.34. The predicted octanol–water partition coefficient (Wildman–Crippen LogP) is 6.59. The molecule has 0 bridgehead atoms. The smallest absolute Gasteiger partial charge is 0.412 e. The molecule has 29 heavy (non-hydrogen) atoms. The molecule has 0 fully saturated rings. The van der Waals surface area contributed by atoms with Gasteiger partial charge in [-0.25, -0.2) is 0 Å². The van der Waals surface area contributed by atoms with Crippen molar-refractivity contribution in [1.82, 2.24) is 0 Å². The fraction of sp³-hybridized carbons (Fsp3) is 0.200. The van der Waals surface area contributed by atoms with Crippen molar-refractivity contribution in [2.75, 3.05) is 0 Å². The molecule has 0 amide bonds. The molecule has 0 rings (SSSR count). The summed E-state index contributed by atoms with van der Waals surface area (Å²) in [6, 6.07) is -6.27. The normalized spacial score (nSPS) is 10.5. The second-order valence-electron chi connectivity index (χ2n) is 3.45. The monoisotopic (exact) mass is 474 g/mol. The molecule has 0 unspecified atom stereocenters. The molecule has 172 valence electrons. The first-order chi connectivity index (χ1) is 12.4. The van der Waals surface area contributed by atoms with Crippen molar-refractivity contribution in [1.29, 1.82) is 0 Å². The van der Waals surface area contributed by atoms with E-state index in [9.17, 15) is 70.2 Å². The van der Waals surface area contributed by atoms with Gasteiger partial charge in [0.25, 0.3) is 11.7 Å². The highest BCUT2D eigenvalue weighted by Gasteiger charge is 2.45. The van der Waals surface area contributed by atoms with Crippen LogP contribution in [0.25, 0.3) is 0 Å². The van der Waals surface area contributed by atoms with E-state index in [1.807, 2.05) is 0 Å². The van der Waals surface area contributed by atoms with E-state index in [2.05, 4.69) is 9.47 Å². The lowest BCUT2D eigenvalue weighted by Crippen LogP contribution is -2.21. The second-order valence-corrected chi connectivity index (χ2v) is 3.45. The molecule has 2 N–H and O–H groups in total. The Morgan fingerprint density at radius 1 is 0.414 bits per heavy atom. The summed E-state index contributed by atoms with van der Waals surface area (Å²) >= 11 is 0. The molecule has 0 aromatic heterocycles. The Morgan fingerprint density at radius 3 is 0.759 bits per heavy atom. The first-order valence-corrected chi connectivity index (χ1v) is 5.34. The summed E-state index contributed by atoms with van der Waals surface area (Å²) in [6.07, 6.45) is -24.6. The van der Waals surface area contributed by atoms with Gasteiger partial charge in [0.15, 0.2) is 0 Å². The van der Waals surface area contributed by atoms with Crippen LogP contribution in [0.15, 0.2) is 48.0 Å². The van der Waals surface area contributed by atoms with Gasteiger partial charge in [0, 0.05) is 0 Å². The zero-order chi connectivity index (χ0) is 23.0. The number of halogens is 16. The summed E-state index contributed by atoms with van der Waals surface area (Å²) in [7, 11) is 0. The minimum atomic E-state index is -5.47. The molecule has 0 saturated heterocycles. The molecule has 0 spiro atoms. The first-order valence-electron chi connectivity index (χ1n) is 5.34. The Kier molecular flexibility index (Phi) is 12.9. The van der Waals surface area contributed by atoms with Gasteiger partial charge in [-0.1, -0.05) is 0 Å². The van der Waals surface area contributed by atoms with Crippen LogP contribution in [-0.4, -0.2) is 17.7 Å². The maximum Gasteiger partial charge on any atom is 0.461 e. The minimum absolute atomic E-state index is 0. The summed E-state index contributed by atoms with van der Waals surface area (Å²) in [5.74, 6) is -6.87. The van der Waals surface area contributed by atoms with E-state index in [4.69, 9.17) is 0 Å². The van der Waals surface area contributed by atoms with E-state index in [-0.39, 0.29) is 5.48 Å². The third kappa shape index (κ3) is 11.1. The van der Waals surface area contributed by atoms with Crippen LogP contribution in [0.1, 0.15) is 0 Å². The van der Waals surface area contributed by atoms with Crippen LogP contribution < -0.4 is 0 Å². The van der Waals surface area contributed by atoms with Crippen LogP contribution >= 0.6 is 0 Å². The van der Waals surface area contributed by atoms with Crippen LogP contribution in [-0.2, 0) is 9.47 Å². The van der Waals surface area contributed by atoms with Gasteiger partial charge in [-0.05, 0) is 0 Å². The van der Waals surface area contributed by atoms with E-state index in [0.717, 1.165) is 0 Å². The molecule has 0 saturated carbocycles. The highest BCUT2D eigenvalue weighted by molar-refractivity contribution is 5.02. The van der Waals surface area contributed by atoms with Crippen molar-refractivity contribution >= 4 is 0 Å². The van der Waals surface area contributed by atoms with Crippen LogP contribution in [0.2, 0.25) is 0 Å². The van der Waals surface area contributed by atoms with Gasteiger partial charge in [-0.15, -0.1) is 0 Å². The second kappa shape index (κ2) is 12.1. The molecular weight excluding hydrogens is 472 g/mol. The van der Waals surface area contributed by atoms with E-state index < -0.39 is 60.2 Å². The number of ether oxygens (including phenoxy) is 2. The molecule has 0 aliphatic rings. The van der Waals surface area contributed by atoms with Crippen molar-refractivity contribution in [2.45, 2.75) is 12.2 Å². The standard InChI is InChI=1S/2C5F8O.H2O/c2*6-1(2(7)8)5(12,13)14-4(11)3(9)10;/h;;1H2. The Morgan fingerprint density at radius 2 is 0.621 bits per heavy atom. The molecule has 0 aromatic carbocycles. The maximum atomic E-state index is 11.9. The maximum absolute atomic E-state index is 11.9. The lowest BCUT2D eigenvalue weighted by molar-refractivity contribution is -0.214. The molecule has 19 heteroatoms. The summed E-state index contributed by atoms with van der Waals surface area (Å²) in [4.78, 5) is 0. The predicted molar refractivity (Wildman–Crippen MR) is 57.1 cm³/mol. The van der Waals surface area contributed by atoms with Crippen LogP contribution in [0, 0.1) is 0 Å². The Bertz CT molecular complexity index is 604. The van der Waals surface area contributed by atoms with Crippen LogP contribution in [0.5, 0.6) is 0 Å².